The molecule has 0 spiro atoms. The fourth-order valence-corrected chi connectivity index (χ4v) is 6.08. The van der Waals surface area contributed by atoms with E-state index in [1.54, 1.807) is 17.0 Å². The molecule has 3 atom stereocenters. The zero-order valence-corrected chi connectivity index (χ0v) is 22.9. The lowest BCUT2D eigenvalue weighted by molar-refractivity contribution is -0.148. The van der Waals surface area contributed by atoms with E-state index in [2.05, 4.69) is 24.1 Å². The van der Waals surface area contributed by atoms with Crippen molar-refractivity contribution in [3.63, 3.8) is 0 Å². The first-order chi connectivity index (χ1) is 17.7. The third-order valence-electron chi connectivity index (χ3n) is 7.66. The first-order valence-corrected chi connectivity index (χ1v) is 14.0. The minimum absolute atomic E-state index is 0. The van der Waals surface area contributed by atoms with Crippen molar-refractivity contribution in [1.29, 1.82) is 0 Å². The first-order valence-electron chi connectivity index (χ1n) is 14.0. The van der Waals surface area contributed by atoms with Crippen LogP contribution in [0.4, 0.5) is 0 Å². The molecule has 3 saturated heterocycles. The topological polar surface area (TPSA) is 95.3 Å². The van der Waals surface area contributed by atoms with Crippen molar-refractivity contribution < 1.29 is 25.0 Å². The number of nitrogens with zero attached hydrogens (tertiary/aromatic N) is 3. The SMILES string of the molecule is CC(C)CC(=O)N[C@H]1CN(C(=O)c2ccco2)C2CN(CC3CCOCC3)C[C@H](CC(C)C)CN2C1=O.[HH]. The Morgan fingerprint density at radius 3 is 2.46 bits per heavy atom. The van der Waals surface area contributed by atoms with Crippen LogP contribution in [0.2, 0.25) is 0 Å². The number of hydrogen-bond donors (Lipinski definition) is 1. The maximum Gasteiger partial charge on any atom is 0.291 e. The summed E-state index contributed by atoms with van der Waals surface area (Å²) in [5.41, 5.74) is 0. The quantitative estimate of drug-likeness (QED) is 0.568. The highest BCUT2D eigenvalue weighted by Gasteiger charge is 2.46. The van der Waals surface area contributed by atoms with Gasteiger partial charge in [-0.3, -0.25) is 19.3 Å². The third-order valence-corrected chi connectivity index (χ3v) is 7.66. The fourth-order valence-electron chi connectivity index (χ4n) is 6.08. The molecule has 0 radical (unpaired) electrons. The first kappa shape index (κ1) is 27.6. The molecule has 4 heterocycles. The number of hydrogen-bond acceptors (Lipinski definition) is 6. The van der Waals surface area contributed by atoms with E-state index >= 15 is 0 Å². The molecule has 4 rings (SSSR count). The zero-order chi connectivity index (χ0) is 26.5. The number of ether oxygens (including phenoxy) is 1. The van der Waals surface area contributed by atoms with Gasteiger partial charge in [0, 0.05) is 47.2 Å². The summed E-state index contributed by atoms with van der Waals surface area (Å²) in [5.74, 6) is 1.27. The summed E-state index contributed by atoms with van der Waals surface area (Å²) in [6.45, 7) is 13.1. The van der Waals surface area contributed by atoms with Gasteiger partial charge in [0.2, 0.25) is 11.8 Å². The molecule has 1 unspecified atom stereocenters. The van der Waals surface area contributed by atoms with Gasteiger partial charge in [-0.05, 0) is 55.1 Å². The van der Waals surface area contributed by atoms with Crippen LogP contribution in [0, 0.1) is 23.7 Å². The molecule has 0 bridgehead atoms. The minimum atomic E-state index is -0.761. The van der Waals surface area contributed by atoms with E-state index in [9.17, 15) is 14.4 Å². The number of carbonyl (C=O) groups is 3. The van der Waals surface area contributed by atoms with Gasteiger partial charge < -0.3 is 24.3 Å². The van der Waals surface area contributed by atoms with Crippen molar-refractivity contribution in [2.75, 3.05) is 45.9 Å². The van der Waals surface area contributed by atoms with Gasteiger partial charge in [-0.1, -0.05) is 27.7 Å². The Hall–Kier alpha value is -2.39. The van der Waals surface area contributed by atoms with E-state index in [4.69, 9.17) is 9.15 Å². The molecule has 3 amide bonds. The number of fused-ring (bicyclic) bond motifs is 1. The molecular formula is C28H46N4O5. The molecule has 0 saturated carbocycles. The summed E-state index contributed by atoms with van der Waals surface area (Å²) in [6.07, 6.45) is 4.51. The fraction of sp³-hybridized carbons (Fsp3) is 0.750. The highest BCUT2D eigenvalue weighted by Crippen LogP contribution is 2.29. The summed E-state index contributed by atoms with van der Waals surface area (Å²) in [6, 6.07) is 2.60. The molecule has 1 aromatic heterocycles. The molecule has 3 aliphatic rings. The van der Waals surface area contributed by atoms with Gasteiger partial charge in [0.25, 0.3) is 5.91 Å². The molecule has 1 aromatic rings. The Morgan fingerprint density at radius 2 is 1.81 bits per heavy atom. The van der Waals surface area contributed by atoms with Crippen LogP contribution >= 0.6 is 0 Å². The Balaban J connectivity index is 0.00000400. The van der Waals surface area contributed by atoms with Gasteiger partial charge in [-0.15, -0.1) is 0 Å². The molecule has 208 valence electrons. The van der Waals surface area contributed by atoms with Crippen LogP contribution in [-0.4, -0.2) is 90.6 Å². The van der Waals surface area contributed by atoms with Crippen molar-refractivity contribution in [3.8, 4) is 0 Å². The average molecular weight is 519 g/mol. The van der Waals surface area contributed by atoms with E-state index in [-0.39, 0.29) is 37.4 Å². The predicted molar refractivity (Wildman–Crippen MR) is 142 cm³/mol. The van der Waals surface area contributed by atoms with Gasteiger partial charge in [-0.25, -0.2) is 0 Å². The number of furan rings is 1. The lowest BCUT2D eigenvalue weighted by Gasteiger charge is -2.46. The van der Waals surface area contributed by atoms with Gasteiger partial charge in [0.15, 0.2) is 5.76 Å². The average Bonchev–Trinajstić information content (AvgIpc) is 3.31. The standard InChI is InChI=1S/C28H44N4O5.H2/c1-19(2)12-22-15-30(14-21-7-10-36-11-8-21)18-26-31(16-22)27(34)23(29-25(33)13-20(3)4)17-32(26)28(35)24-6-5-9-37-24;/h5-6,9,19-23,26H,7-8,10-18H2,1-4H3,(H,29,33);1H/t22-,23-,26?;/m0./s1. The molecule has 3 aliphatic heterocycles. The summed E-state index contributed by atoms with van der Waals surface area (Å²) >= 11 is 0. The van der Waals surface area contributed by atoms with E-state index in [1.165, 1.54) is 6.26 Å². The zero-order valence-electron chi connectivity index (χ0n) is 22.9. The van der Waals surface area contributed by atoms with Crippen LogP contribution in [0.5, 0.6) is 0 Å². The Labute approximate surface area is 222 Å². The van der Waals surface area contributed by atoms with Crippen LogP contribution in [0.25, 0.3) is 0 Å². The van der Waals surface area contributed by atoms with Crippen molar-refractivity contribution in [2.24, 2.45) is 23.7 Å². The van der Waals surface area contributed by atoms with E-state index in [0.717, 1.165) is 45.6 Å². The highest BCUT2D eigenvalue weighted by atomic mass is 16.5. The Kier molecular flexibility index (Phi) is 9.29. The third kappa shape index (κ3) is 7.13. The van der Waals surface area contributed by atoms with Crippen molar-refractivity contribution in [3.05, 3.63) is 24.2 Å². The van der Waals surface area contributed by atoms with Crippen molar-refractivity contribution in [2.45, 2.75) is 65.6 Å². The van der Waals surface area contributed by atoms with Crippen molar-refractivity contribution >= 4 is 17.7 Å². The largest absolute Gasteiger partial charge is 0.459 e. The van der Waals surface area contributed by atoms with E-state index in [1.807, 2.05) is 18.7 Å². The van der Waals surface area contributed by atoms with Crippen LogP contribution in [0.3, 0.4) is 0 Å². The molecule has 9 nitrogen and oxygen atoms in total. The predicted octanol–water partition coefficient (Wildman–Crippen LogP) is 3.07. The lowest BCUT2D eigenvalue weighted by atomic mass is 9.95. The van der Waals surface area contributed by atoms with Crippen molar-refractivity contribution in [1.82, 2.24) is 20.0 Å². The van der Waals surface area contributed by atoms with E-state index < -0.39 is 12.2 Å². The number of carbonyl (C=O) groups excluding carboxylic acids is 3. The maximum absolute atomic E-state index is 13.8. The molecule has 37 heavy (non-hydrogen) atoms. The van der Waals surface area contributed by atoms with Crippen LogP contribution in [-0.2, 0) is 14.3 Å². The second kappa shape index (κ2) is 12.4. The van der Waals surface area contributed by atoms with Crippen LogP contribution in [0.1, 0.15) is 65.4 Å². The second-order valence-corrected chi connectivity index (χ2v) is 11.9. The van der Waals surface area contributed by atoms with Gasteiger partial charge in [-0.2, -0.15) is 0 Å². The molecule has 0 aliphatic carbocycles. The maximum atomic E-state index is 13.8. The number of nitrogens with one attached hydrogen (secondary N) is 1. The summed E-state index contributed by atoms with van der Waals surface area (Å²) in [7, 11) is 0. The smallest absolute Gasteiger partial charge is 0.291 e. The van der Waals surface area contributed by atoms with Crippen LogP contribution in [0.15, 0.2) is 22.8 Å². The summed E-state index contributed by atoms with van der Waals surface area (Å²) in [4.78, 5) is 46.2. The molecular weight excluding hydrogens is 472 g/mol. The minimum Gasteiger partial charge on any atom is -0.459 e. The highest BCUT2D eigenvalue weighted by molar-refractivity contribution is 5.95. The van der Waals surface area contributed by atoms with E-state index in [0.29, 0.717) is 37.3 Å². The number of amides is 3. The summed E-state index contributed by atoms with van der Waals surface area (Å²) < 4.78 is 11.0. The molecule has 3 fully saturated rings. The lowest BCUT2D eigenvalue weighted by Crippen LogP contribution is -2.68. The second-order valence-electron chi connectivity index (χ2n) is 11.9. The molecule has 1 N–H and O–H groups in total. The Morgan fingerprint density at radius 1 is 1.05 bits per heavy atom. The Bertz CT molecular complexity index is 918. The van der Waals surface area contributed by atoms with Crippen LogP contribution < -0.4 is 5.32 Å². The van der Waals surface area contributed by atoms with Gasteiger partial charge in [0.05, 0.1) is 12.8 Å². The summed E-state index contributed by atoms with van der Waals surface area (Å²) in [5, 5.41) is 2.93. The monoisotopic (exact) mass is 518 g/mol. The molecule has 9 heteroatoms. The van der Waals surface area contributed by atoms with Gasteiger partial charge >= 0.3 is 0 Å². The molecule has 0 aromatic carbocycles. The normalized spacial score (nSPS) is 25.9. The number of rotatable bonds is 8. The van der Waals surface area contributed by atoms with Gasteiger partial charge in [0.1, 0.15) is 12.2 Å².